The summed E-state index contributed by atoms with van der Waals surface area (Å²) in [6, 6.07) is 7.32. The van der Waals surface area contributed by atoms with E-state index in [1.54, 1.807) is 19.4 Å². The first-order valence-electron chi connectivity index (χ1n) is 5.42. The van der Waals surface area contributed by atoms with E-state index in [1.807, 2.05) is 23.6 Å². The molecule has 0 aliphatic carbocycles. The Balaban J connectivity index is 2.05. The van der Waals surface area contributed by atoms with Gasteiger partial charge in [0.15, 0.2) is 0 Å². The Hall–Kier alpha value is -2.32. The first-order chi connectivity index (χ1) is 9.31. The molecular weight excluding hydrogens is 264 g/mol. The van der Waals surface area contributed by atoms with E-state index in [0.717, 1.165) is 5.75 Å². The minimum atomic E-state index is 0.364. The molecule has 2 aromatic rings. The molecule has 0 aliphatic rings. The summed E-state index contributed by atoms with van der Waals surface area (Å²) in [6.45, 7) is 0. The molecule has 2 rings (SSSR count). The average Bonchev–Trinajstić information content (AvgIpc) is 2.97. The van der Waals surface area contributed by atoms with Crippen LogP contribution in [0.3, 0.4) is 0 Å². The smallest absolute Gasteiger partial charge is 0.230 e. The highest BCUT2D eigenvalue weighted by atomic mass is 32.1. The maximum atomic E-state index is 5.40. The number of hydrazine groups is 2. The second-order valence-corrected chi connectivity index (χ2v) is 4.29. The Morgan fingerprint density at radius 3 is 3.05 bits per heavy atom. The number of hydrogen-bond acceptors (Lipinski definition) is 6. The van der Waals surface area contributed by atoms with E-state index in [0.29, 0.717) is 16.8 Å². The predicted octanol–water partition coefficient (Wildman–Crippen LogP) is 1.22. The SMILES string of the molecule is COc1cccc(N=C(NN)NNc2nccs2)c1. The number of anilines is 1. The summed E-state index contributed by atoms with van der Waals surface area (Å²) in [4.78, 5) is 8.35. The maximum Gasteiger partial charge on any atom is 0.230 e. The Morgan fingerprint density at radius 1 is 1.47 bits per heavy atom. The highest BCUT2D eigenvalue weighted by Crippen LogP contribution is 2.19. The van der Waals surface area contributed by atoms with Crippen molar-refractivity contribution in [3.8, 4) is 5.75 Å². The number of rotatable bonds is 4. The number of nitrogens with one attached hydrogen (secondary N) is 3. The van der Waals surface area contributed by atoms with Crippen molar-refractivity contribution in [3.05, 3.63) is 35.8 Å². The standard InChI is InChI=1S/C11H14N6OS/c1-18-9-4-2-3-8(7-9)14-10(15-12)16-17-11-13-5-6-19-11/h2-7H,12H2,1H3,(H,13,17)(H2,14,15,16). The van der Waals surface area contributed by atoms with Crippen LogP contribution in [0.25, 0.3) is 0 Å². The van der Waals surface area contributed by atoms with Crippen LogP contribution in [0, 0.1) is 0 Å². The van der Waals surface area contributed by atoms with Gasteiger partial charge in [0.05, 0.1) is 12.8 Å². The summed E-state index contributed by atoms with van der Waals surface area (Å²) in [6.07, 6.45) is 1.70. The van der Waals surface area contributed by atoms with Crippen LogP contribution in [0.1, 0.15) is 0 Å². The van der Waals surface area contributed by atoms with Crippen LogP contribution in [0.15, 0.2) is 40.8 Å². The van der Waals surface area contributed by atoms with Crippen molar-refractivity contribution in [2.75, 3.05) is 12.5 Å². The Morgan fingerprint density at radius 2 is 2.37 bits per heavy atom. The third-order valence-electron chi connectivity index (χ3n) is 2.15. The monoisotopic (exact) mass is 278 g/mol. The summed E-state index contributed by atoms with van der Waals surface area (Å²) >= 11 is 1.46. The Kier molecular flexibility index (Phi) is 4.54. The van der Waals surface area contributed by atoms with E-state index in [9.17, 15) is 0 Å². The summed E-state index contributed by atoms with van der Waals surface area (Å²) in [5.74, 6) is 6.49. The quantitative estimate of drug-likeness (QED) is 0.291. The predicted molar refractivity (Wildman–Crippen MR) is 76.3 cm³/mol. The van der Waals surface area contributed by atoms with Crippen LogP contribution in [-0.4, -0.2) is 18.1 Å². The van der Waals surface area contributed by atoms with Crippen molar-refractivity contribution in [1.29, 1.82) is 0 Å². The van der Waals surface area contributed by atoms with Crippen molar-refractivity contribution >= 4 is 28.1 Å². The second kappa shape index (κ2) is 6.57. The fraction of sp³-hybridized carbons (Fsp3) is 0.0909. The topological polar surface area (TPSA) is 96.6 Å². The Labute approximate surface area is 114 Å². The van der Waals surface area contributed by atoms with Gasteiger partial charge in [-0.1, -0.05) is 6.07 Å². The van der Waals surface area contributed by atoms with Gasteiger partial charge in [-0.2, -0.15) is 0 Å². The molecule has 0 atom stereocenters. The number of nitrogens with zero attached hydrogens (tertiary/aromatic N) is 2. The van der Waals surface area contributed by atoms with Crippen LogP contribution in [-0.2, 0) is 0 Å². The van der Waals surface area contributed by atoms with Crippen molar-refractivity contribution in [2.24, 2.45) is 10.8 Å². The normalized spacial score (nSPS) is 10.9. The fourth-order valence-electron chi connectivity index (χ4n) is 1.30. The molecule has 0 fully saturated rings. The van der Waals surface area contributed by atoms with Crippen LogP contribution < -0.4 is 26.9 Å². The fourth-order valence-corrected chi connectivity index (χ4v) is 1.79. The van der Waals surface area contributed by atoms with Gasteiger partial charge in [0.2, 0.25) is 11.1 Å². The highest BCUT2D eigenvalue weighted by Gasteiger charge is 1.99. The summed E-state index contributed by atoms with van der Waals surface area (Å²) in [7, 11) is 1.60. The van der Waals surface area contributed by atoms with Crippen LogP contribution in [0.5, 0.6) is 5.75 Å². The van der Waals surface area contributed by atoms with Gasteiger partial charge in [0, 0.05) is 17.6 Å². The number of aromatic nitrogens is 1. The lowest BCUT2D eigenvalue weighted by molar-refractivity contribution is 0.415. The molecule has 0 saturated heterocycles. The zero-order valence-electron chi connectivity index (χ0n) is 10.3. The van der Waals surface area contributed by atoms with Gasteiger partial charge in [-0.15, -0.1) is 11.3 Å². The maximum absolute atomic E-state index is 5.40. The molecule has 5 N–H and O–H groups in total. The molecular formula is C11H14N6OS. The number of ether oxygens (including phenoxy) is 1. The lowest BCUT2D eigenvalue weighted by Gasteiger charge is -2.09. The number of guanidine groups is 1. The molecule has 0 spiro atoms. The summed E-state index contributed by atoms with van der Waals surface area (Å²) in [5.41, 5.74) is 8.88. The van der Waals surface area contributed by atoms with Crippen LogP contribution in [0.4, 0.5) is 10.8 Å². The van der Waals surface area contributed by atoms with Gasteiger partial charge < -0.3 is 4.74 Å². The molecule has 7 nitrogen and oxygen atoms in total. The van der Waals surface area contributed by atoms with Gasteiger partial charge in [-0.3, -0.25) is 16.3 Å². The number of benzene rings is 1. The number of hydrogen-bond donors (Lipinski definition) is 4. The number of thiazole rings is 1. The van der Waals surface area contributed by atoms with Gasteiger partial charge >= 0.3 is 0 Å². The van der Waals surface area contributed by atoms with Gasteiger partial charge in [-0.05, 0) is 12.1 Å². The van der Waals surface area contributed by atoms with Crippen LogP contribution >= 0.6 is 11.3 Å². The number of nitrogens with two attached hydrogens (primary N) is 1. The van der Waals surface area contributed by atoms with E-state index in [4.69, 9.17) is 10.6 Å². The molecule has 1 aromatic heterocycles. The summed E-state index contributed by atoms with van der Waals surface area (Å²) < 4.78 is 5.12. The first-order valence-corrected chi connectivity index (χ1v) is 6.30. The molecule has 0 aliphatic heterocycles. The third-order valence-corrected chi connectivity index (χ3v) is 2.84. The van der Waals surface area contributed by atoms with E-state index in [-0.39, 0.29) is 0 Å². The second-order valence-electron chi connectivity index (χ2n) is 3.39. The first kappa shape index (κ1) is 13.1. The van der Waals surface area contributed by atoms with Crippen molar-refractivity contribution in [1.82, 2.24) is 15.8 Å². The molecule has 0 unspecified atom stereocenters. The largest absolute Gasteiger partial charge is 0.497 e. The lowest BCUT2D eigenvalue weighted by Crippen LogP contribution is -2.44. The molecule has 19 heavy (non-hydrogen) atoms. The van der Waals surface area contributed by atoms with Crippen LogP contribution in [0.2, 0.25) is 0 Å². The minimum absolute atomic E-state index is 0.364. The lowest BCUT2D eigenvalue weighted by atomic mass is 10.3. The van der Waals surface area contributed by atoms with Crippen molar-refractivity contribution in [3.63, 3.8) is 0 Å². The minimum Gasteiger partial charge on any atom is -0.497 e. The molecule has 0 saturated carbocycles. The molecule has 0 radical (unpaired) electrons. The van der Waals surface area contributed by atoms with Crippen molar-refractivity contribution in [2.45, 2.75) is 0 Å². The molecule has 0 bridgehead atoms. The molecule has 1 aromatic carbocycles. The van der Waals surface area contributed by atoms with E-state index in [2.05, 4.69) is 26.3 Å². The van der Waals surface area contributed by atoms with E-state index in [1.165, 1.54) is 11.3 Å². The highest BCUT2D eigenvalue weighted by molar-refractivity contribution is 7.13. The number of aliphatic imine (C=N–C) groups is 1. The van der Waals surface area contributed by atoms with E-state index < -0.39 is 0 Å². The summed E-state index contributed by atoms with van der Waals surface area (Å²) in [5, 5.41) is 2.58. The van der Waals surface area contributed by atoms with E-state index >= 15 is 0 Å². The van der Waals surface area contributed by atoms with Gasteiger partial charge in [0.25, 0.3) is 0 Å². The zero-order valence-corrected chi connectivity index (χ0v) is 11.1. The van der Waals surface area contributed by atoms with Gasteiger partial charge in [0.1, 0.15) is 5.75 Å². The molecule has 0 amide bonds. The zero-order chi connectivity index (χ0) is 13.5. The van der Waals surface area contributed by atoms with Gasteiger partial charge in [-0.25, -0.2) is 15.8 Å². The Bertz CT molecular complexity index is 542. The molecule has 1 heterocycles. The number of methoxy groups -OCH3 is 1. The van der Waals surface area contributed by atoms with Crippen molar-refractivity contribution < 1.29 is 4.74 Å². The molecule has 8 heteroatoms. The average molecular weight is 278 g/mol. The third kappa shape index (κ3) is 3.83. The molecule has 100 valence electrons.